The van der Waals surface area contributed by atoms with Crippen molar-refractivity contribution < 1.29 is 40.3 Å². The van der Waals surface area contributed by atoms with Gasteiger partial charge in [-0.25, -0.2) is 13.6 Å². The maximum absolute atomic E-state index is 14.1. The van der Waals surface area contributed by atoms with E-state index < -0.39 is 61.4 Å². The molecule has 3 rings (SSSR count). The molecular weight excluding hydrogens is 518 g/mol. The van der Waals surface area contributed by atoms with Gasteiger partial charge < -0.3 is 4.74 Å². The maximum atomic E-state index is 14.1. The van der Waals surface area contributed by atoms with Crippen molar-refractivity contribution in [2.24, 2.45) is 4.40 Å². The van der Waals surface area contributed by atoms with Crippen molar-refractivity contribution in [3.63, 3.8) is 0 Å². The standard InChI is InChI=1S/C17H8Cl2F7NO2S2/c1-29-14(28)13-7(16(21,22)23)4-11(30-13)10-5-15(31-27-10,17(24,25)26)6-2-8(18)12(20)9(19)3-6/h2-4H,5H2,1H3. The highest BCUT2D eigenvalue weighted by Crippen LogP contribution is 2.57. The lowest BCUT2D eigenvalue weighted by molar-refractivity contribution is -0.159. The van der Waals surface area contributed by atoms with E-state index in [-0.39, 0.29) is 22.5 Å². The smallest absolute Gasteiger partial charge is 0.418 e. The number of hydrogen-bond acceptors (Lipinski definition) is 5. The van der Waals surface area contributed by atoms with E-state index in [1.54, 1.807) is 0 Å². The van der Waals surface area contributed by atoms with E-state index in [9.17, 15) is 35.5 Å². The van der Waals surface area contributed by atoms with E-state index in [1.807, 2.05) is 0 Å². The lowest BCUT2D eigenvalue weighted by Crippen LogP contribution is -2.38. The molecule has 168 valence electrons. The lowest BCUT2D eigenvalue weighted by Gasteiger charge is -2.30. The molecule has 1 aromatic carbocycles. The zero-order valence-electron chi connectivity index (χ0n) is 14.9. The molecule has 14 heteroatoms. The predicted octanol–water partition coefficient (Wildman–Crippen LogP) is 7.30. The van der Waals surface area contributed by atoms with E-state index in [0.29, 0.717) is 17.4 Å². The molecule has 1 aliphatic heterocycles. The van der Waals surface area contributed by atoms with Crippen LogP contribution in [-0.2, 0) is 15.7 Å². The predicted molar refractivity (Wildman–Crippen MR) is 104 cm³/mol. The Morgan fingerprint density at radius 1 is 1.13 bits per heavy atom. The Kier molecular flexibility index (Phi) is 6.33. The molecule has 0 aliphatic carbocycles. The third-order valence-corrected chi connectivity index (χ3v) is 7.28. The van der Waals surface area contributed by atoms with Crippen molar-refractivity contribution in [3.8, 4) is 0 Å². The first-order valence-corrected chi connectivity index (χ1v) is 10.3. The fourth-order valence-corrected chi connectivity index (χ4v) is 5.40. The number of carbonyl (C=O) groups excluding carboxylic acids is 1. The van der Waals surface area contributed by atoms with Gasteiger partial charge in [0, 0.05) is 6.42 Å². The fourth-order valence-electron chi connectivity index (χ4n) is 2.81. The van der Waals surface area contributed by atoms with E-state index >= 15 is 0 Å². The van der Waals surface area contributed by atoms with Crippen LogP contribution in [0.25, 0.3) is 0 Å². The Hall–Kier alpha value is -1.50. The van der Waals surface area contributed by atoms with Gasteiger partial charge in [-0.1, -0.05) is 23.2 Å². The average Bonchev–Trinajstić information content (AvgIpc) is 3.29. The summed E-state index contributed by atoms with van der Waals surface area (Å²) in [5.74, 6) is -2.39. The first kappa shape index (κ1) is 24.1. The van der Waals surface area contributed by atoms with Crippen molar-refractivity contribution in [1.29, 1.82) is 0 Å². The number of alkyl halides is 6. The van der Waals surface area contributed by atoms with E-state index in [2.05, 4.69) is 9.13 Å². The van der Waals surface area contributed by atoms with E-state index in [0.717, 1.165) is 19.2 Å². The van der Waals surface area contributed by atoms with Gasteiger partial charge in [-0.3, -0.25) is 0 Å². The summed E-state index contributed by atoms with van der Waals surface area (Å²) in [5, 5.41) is -1.30. The lowest BCUT2D eigenvalue weighted by atomic mass is 9.91. The number of nitrogens with zero attached hydrogens (tertiary/aromatic N) is 1. The van der Waals surface area contributed by atoms with Crippen LogP contribution in [0.4, 0.5) is 30.7 Å². The van der Waals surface area contributed by atoms with Gasteiger partial charge in [-0.15, -0.1) is 11.3 Å². The van der Waals surface area contributed by atoms with Crippen molar-refractivity contribution in [2.75, 3.05) is 7.11 Å². The number of ether oxygens (including phenoxy) is 1. The normalized spacial score (nSPS) is 19.5. The second-order valence-electron chi connectivity index (χ2n) is 6.23. The number of thiophene rings is 1. The largest absolute Gasteiger partial charge is 0.465 e. The van der Waals surface area contributed by atoms with Crippen LogP contribution >= 0.6 is 46.5 Å². The Labute approximate surface area is 188 Å². The Morgan fingerprint density at radius 2 is 1.71 bits per heavy atom. The number of esters is 1. The van der Waals surface area contributed by atoms with Gasteiger partial charge in [0.15, 0.2) is 10.6 Å². The van der Waals surface area contributed by atoms with E-state index in [1.165, 1.54) is 0 Å². The summed E-state index contributed by atoms with van der Waals surface area (Å²) in [5.41, 5.74) is -2.19. The second-order valence-corrected chi connectivity index (χ2v) is 9.16. The molecule has 2 heterocycles. The number of hydrogen-bond donors (Lipinski definition) is 0. The van der Waals surface area contributed by atoms with Gasteiger partial charge >= 0.3 is 18.3 Å². The number of halogens is 9. The van der Waals surface area contributed by atoms with Crippen LogP contribution in [0, 0.1) is 5.82 Å². The summed E-state index contributed by atoms with van der Waals surface area (Å²) in [4.78, 5) is 10.6. The molecule has 0 radical (unpaired) electrons. The van der Waals surface area contributed by atoms with Crippen LogP contribution in [0.15, 0.2) is 22.6 Å². The molecule has 0 spiro atoms. The minimum atomic E-state index is -4.96. The summed E-state index contributed by atoms with van der Waals surface area (Å²) < 4.78 is 101. The Balaban J connectivity index is 2.08. The molecular formula is C17H8Cl2F7NO2S2. The van der Waals surface area contributed by atoms with Crippen molar-refractivity contribution >= 4 is 58.2 Å². The van der Waals surface area contributed by atoms with Gasteiger partial charge in [0.05, 0.1) is 33.3 Å². The molecule has 2 aromatic rings. The van der Waals surface area contributed by atoms with Crippen LogP contribution in [0.3, 0.4) is 0 Å². The number of carbonyl (C=O) groups is 1. The van der Waals surface area contributed by atoms with Crippen LogP contribution in [0.1, 0.15) is 32.1 Å². The van der Waals surface area contributed by atoms with Crippen molar-refractivity contribution in [1.82, 2.24) is 0 Å². The molecule has 3 nitrogen and oxygen atoms in total. The minimum Gasteiger partial charge on any atom is -0.465 e. The Bertz CT molecular complexity index is 1060. The molecule has 1 aliphatic rings. The van der Waals surface area contributed by atoms with Gasteiger partial charge in [-0.2, -0.15) is 26.3 Å². The third-order valence-electron chi connectivity index (χ3n) is 4.33. The fraction of sp³-hybridized carbons (Fsp3) is 0.294. The van der Waals surface area contributed by atoms with Crippen LogP contribution in [0.5, 0.6) is 0 Å². The quantitative estimate of drug-likeness (QED) is 0.182. The van der Waals surface area contributed by atoms with Crippen LogP contribution in [0.2, 0.25) is 10.0 Å². The summed E-state index contributed by atoms with van der Waals surface area (Å²) in [6.07, 6.45) is -10.8. The topological polar surface area (TPSA) is 38.7 Å². The van der Waals surface area contributed by atoms with Crippen molar-refractivity contribution in [2.45, 2.75) is 23.5 Å². The highest BCUT2D eigenvalue weighted by molar-refractivity contribution is 7.99. The zero-order chi connectivity index (χ0) is 23.4. The highest BCUT2D eigenvalue weighted by Gasteiger charge is 2.60. The molecule has 0 saturated heterocycles. The van der Waals surface area contributed by atoms with Gasteiger partial charge in [0.25, 0.3) is 0 Å². The molecule has 0 bridgehead atoms. The number of benzene rings is 1. The molecule has 0 amide bonds. The molecule has 0 N–H and O–H groups in total. The van der Waals surface area contributed by atoms with Crippen LogP contribution < -0.4 is 0 Å². The zero-order valence-corrected chi connectivity index (χ0v) is 18.1. The summed E-state index contributed by atoms with van der Waals surface area (Å²) in [6, 6.07) is 2.04. The molecule has 0 fully saturated rings. The number of rotatable bonds is 3. The first-order valence-electron chi connectivity index (χ1n) is 7.98. The molecule has 31 heavy (non-hydrogen) atoms. The second kappa shape index (κ2) is 8.13. The molecule has 0 saturated carbocycles. The minimum absolute atomic E-state index is 0.0453. The van der Waals surface area contributed by atoms with Gasteiger partial charge in [0.2, 0.25) is 0 Å². The summed E-state index contributed by atoms with van der Waals surface area (Å²) >= 11 is 11.6. The number of methoxy groups -OCH3 is 1. The monoisotopic (exact) mass is 525 g/mol. The first-order chi connectivity index (χ1) is 14.2. The molecule has 1 atom stereocenters. The Morgan fingerprint density at radius 3 is 2.19 bits per heavy atom. The summed E-state index contributed by atoms with van der Waals surface area (Å²) in [7, 11) is 0.877. The highest BCUT2D eigenvalue weighted by atomic mass is 35.5. The maximum Gasteiger partial charge on any atom is 0.418 e. The average molecular weight is 526 g/mol. The van der Waals surface area contributed by atoms with Gasteiger partial charge in [-0.05, 0) is 35.7 Å². The van der Waals surface area contributed by atoms with Crippen LogP contribution in [-0.4, -0.2) is 25.0 Å². The molecule has 1 unspecified atom stereocenters. The summed E-state index contributed by atoms with van der Waals surface area (Å²) in [6.45, 7) is 0. The van der Waals surface area contributed by atoms with Crippen molar-refractivity contribution in [3.05, 3.63) is 54.9 Å². The van der Waals surface area contributed by atoms with E-state index in [4.69, 9.17) is 23.2 Å². The third kappa shape index (κ3) is 4.27. The van der Waals surface area contributed by atoms with Gasteiger partial charge in [0.1, 0.15) is 4.88 Å². The molecule has 1 aromatic heterocycles. The SMILES string of the molecule is COC(=O)c1sc(C2=NSC(c3cc(Cl)c(F)c(Cl)c3)(C(F)(F)F)C2)cc1C(F)(F)F.